The zero-order chi connectivity index (χ0) is 17.5. The Bertz CT molecular complexity index is 667. The molecular formula is C18H28IN5OS. The fourth-order valence-corrected chi connectivity index (χ4v) is 3.90. The first kappa shape index (κ1) is 21.2. The van der Waals surface area contributed by atoms with Crippen molar-refractivity contribution in [3.8, 4) is 0 Å². The number of nitrogens with zero attached hydrogens (tertiary/aromatic N) is 2. The lowest BCUT2D eigenvalue weighted by Crippen LogP contribution is -2.45. The molecule has 1 fully saturated rings. The highest BCUT2D eigenvalue weighted by molar-refractivity contribution is 14.0. The van der Waals surface area contributed by atoms with E-state index in [-0.39, 0.29) is 30.1 Å². The molecule has 1 aliphatic carbocycles. The summed E-state index contributed by atoms with van der Waals surface area (Å²) in [7, 11) is 0. The van der Waals surface area contributed by atoms with Gasteiger partial charge in [0.05, 0.1) is 22.9 Å². The first-order valence-electron chi connectivity index (χ1n) is 9.07. The van der Waals surface area contributed by atoms with E-state index in [4.69, 9.17) is 0 Å². The Hall–Kier alpha value is -1.13. The van der Waals surface area contributed by atoms with Gasteiger partial charge in [-0.1, -0.05) is 23.5 Å². The second kappa shape index (κ2) is 10.9. The highest BCUT2D eigenvalue weighted by Crippen LogP contribution is 2.25. The van der Waals surface area contributed by atoms with Gasteiger partial charge in [0.15, 0.2) is 11.1 Å². The van der Waals surface area contributed by atoms with Crippen LogP contribution in [0, 0.1) is 0 Å². The molecule has 1 aromatic carbocycles. The lowest BCUT2D eigenvalue weighted by molar-refractivity contribution is 0.120. The number of aliphatic hydroxyl groups is 1. The van der Waals surface area contributed by atoms with E-state index in [0.29, 0.717) is 12.6 Å². The number of halogens is 1. The Morgan fingerprint density at radius 3 is 2.77 bits per heavy atom. The smallest absolute Gasteiger partial charge is 0.191 e. The first-order chi connectivity index (χ1) is 12.2. The van der Waals surface area contributed by atoms with Crippen LogP contribution in [0.3, 0.4) is 0 Å². The summed E-state index contributed by atoms with van der Waals surface area (Å²) in [5.74, 6) is 0.856. The van der Waals surface area contributed by atoms with Crippen LogP contribution in [0.4, 0.5) is 5.13 Å². The van der Waals surface area contributed by atoms with Crippen LogP contribution in [0.25, 0.3) is 10.2 Å². The number of aliphatic hydroxyl groups excluding tert-OH is 1. The van der Waals surface area contributed by atoms with Crippen molar-refractivity contribution < 1.29 is 5.11 Å². The van der Waals surface area contributed by atoms with E-state index < -0.39 is 0 Å². The number of anilines is 1. The van der Waals surface area contributed by atoms with E-state index >= 15 is 0 Å². The van der Waals surface area contributed by atoms with Crippen LogP contribution in [0.15, 0.2) is 29.3 Å². The maximum Gasteiger partial charge on any atom is 0.191 e. The van der Waals surface area contributed by atoms with Crippen LogP contribution in [-0.2, 0) is 0 Å². The number of benzene rings is 1. The average Bonchev–Trinajstić information content (AvgIpc) is 3.03. The first-order valence-corrected chi connectivity index (χ1v) is 9.88. The summed E-state index contributed by atoms with van der Waals surface area (Å²) < 4.78 is 1.20. The maximum absolute atomic E-state index is 9.61. The number of rotatable bonds is 6. The molecule has 0 aliphatic heterocycles. The van der Waals surface area contributed by atoms with Crippen LogP contribution in [0.1, 0.15) is 32.6 Å². The van der Waals surface area contributed by atoms with Crippen molar-refractivity contribution in [2.45, 2.75) is 44.8 Å². The number of thiazole rings is 1. The Morgan fingerprint density at radius 1 is 1.27 bits per heavy atom. The molecule has 4 N–H and O–H groups in total. The Morgan fingerprint density at radius 2 is 2.04 bits per heavy atom. The summed E-state index contributed by atoms with van der Waals surface area (Å²) >= 11 is 1.67. The van der Waals surface area contributed by atoms with Gasteiger partial charge in [-0.25, -0.2) is 4.98 Å². The fraction of sp³-hybridized carbons (Fsp3) is 0.556. The van der Waals surface area contributed by atoms with E-state index in [9.17, 15) is 5.11 Å². The van der Waals surface area contributed by atoms with Crippen LogP contribution in [0.5, 0.6) is 0 Å². The minimum absolute atomic E-state index is 0. The molecule has 8 heteroatoms. The largest absolute Gasteiger partial charge is 0.393 e. The van der Waals surface area contributed by atoms with Crippen molar-refractivity contribution in [3.05, 3.63) is 24.3 Å². The predicted octanol–water partition coefficient (Wildman–Crippen LogP) is 3.18. The lowest BCUT2D eigenvalue weighted by Gasteiger charge is -2.27. The molecule has 0 atom stereocenters. The molecule has 144 valence electrons. The highest BCUT2D eigenvalue weighted by atomic mass is 127. The summed E-state index contributed by atoms with van der Waals surface area (Å²) in [6.45, 7) is 4.34. The van der Waals surface area contributed by atoms with Crippen molar-refractivity contribution in [1.82, 2.24) is 15.6 Å². The Kier molecular flexibility index (Phi) is 8.86. The average molecular weight is 489 g/mol. The predicted molar refractivity (Wildman–Crippen MR) is 121 cm³/mol. The summed E-state index contributed by atoms with van der Waals surface area (Å²) in [4.78, 5) is 9.21. The lowest BCUT2D eigenvalue weighted by atomic mass is 9.93. The molecule has 1 aromatic heterocycles. The second-order valence-corrected chi connectivity index (χ2v) is 7.35. The second-order valence-electron chi connectivity index (χ2n) is 6.32. The quantitative estimate of drug-likeness (QED) is 0.217. The normalized spacial score (nSPS) is 20.5. The standard InChI is InChI=1S/C18H27N5OS.HI/c1-2-19-17(22-13-7-9-14(24)10-8-13)20-11-12-21-18-23-15-5-3-4-6-16(15)25-18;/h3-6,13-14,24H,2,7-12H2,1H3,(H,21,23)(H2,19,20,22);1H. The van der Waals surface area contributed by atoms with Crippen molar-refractivity contribution in [3.63, 3.8) is 0 Å². The van der Waals surface area contributed by atoms with Crippen molar-refractivity contribution in [2.75, 3.05) is 25.0 Å². The number of guanidine groups is 1. The number of hydrogen-bond acceptors (Lipinski definition) is 5. The molecule has 0 amide bonds. The van der Waals surface area contributed by atoms with Gasteiger partial charge < -0.3 is 21.1 Å². The minimum Gasteiger partial charge on any atom is -0.393 e. The molecule has 26 heavy (non-hydrogen) atoms. The Balaban J connectivity index is 0.00000243. The van der Waals surface area contributed by atoms with E-state index in [1.807, 2.05) is 18.2 Å². The number of aliphatic imine (C=N–C) groups is 1. The zero-order valence-electron chi connectivity index (χ0n) is 15.1. The van der Waals surface area contributed by atoms with Crippen LogP contribution < -0.4 is 16.0 Å². The van der Waals surface area contributed by atoms with Crippen LogP contribution in [0.2, 0.25) is 0 Å². The third-order valence-corrected chi connectivity index (χ3v) is 5.33. The molecule has 0 saturated heterocycles. The maximum atomic E-state index is 9.61. The minimum atomic E-state index is -0.129. The fourth-order valence-electron chi connectivity index (χ4n) is 3.01. The molecular weight excluding hydrogens is 461 g/mol. The number of nitrogens with one attached hydrogen (secondary N) is 3. The molecule has 1 aliphatic rings. The SMILES string of the molecule is CCNC(=NCCNc1nc2ccccc2s1)NC1CCC(O)CC1.I. The summed E-state index contributed by atoms with van der Waals surface area (Å²) in [6, 6.07) is 8.56. The summed E-state index contributed by atoms with van der Waals surface area (Å²) in [6.07, 6.45) is 3.60. The van der Waals surface area contributed by atoms with Gasteiger partial charge in [-0.3, -0.25) is 4.99 Å². The molecule has 2 aromatic rings. The van der Waals surface area contributed by atoms with E-state index in [0.717, 1.165) is 55.4 Å². The van der Waals surface area contributed by atoms with Gasteiger partial charge in [0.2, 0.25) is 0 Å². The number of hydrogen-bond donors (Lipinski definition) is 4. The number of fused-ring (bicyclic) bond motifs is 1. The third kappa shape index (κ3) is 6.24. The van der Waals surface area contributed by atoms with Gasteiger partial charge in [0.25, 0.3) is 0 Å². The van der Waals surface area contributed by atoms with Gasteiger partial charge in [0.1, 0.15) is 0 Å². The molecule has 1 saturated carbocycles. The molecule has 6 nitrogen and oxygen atoms in total. The topological polar surface area (TPSA) is 81.6 Å². The molecule has 0 bridgehead atoms. The van der Waals surface area contributed by atoms with Crippen LogP contribution >= 0.6 is 35.3 Å². The molecule has 3 rings (SSSR count). The monoisotopic (exact) mass is 489 g/mol. The molecule has 0 unspecified atom stereocenters. The van der Waals surface area contributed by atoms with Gasteiger partial charge in [-0.2, -0.15) is 0 Å². The van der Waals surface area contributed by atoms with Crippen molar-refractivity contribution >= 4 is 56.6 Å². The summed E-state index contributed by atoms with van der Waals surface area (Å²) in [5, 5.41) is 20.7. The van der Waals surface area contributed by atoms with Gasteiger partial charge in [-0.15, -0.1) is 24.0 Å². The van der Waals surface area contributed by atoms with Gasteiger partial charge in [-0.05, 0) is 44.7 Å². The van der Waals surface area contributed by atoms with E-state index in [1.165, 1.54) is 4.70 Å². The molecule has 1 heterocycles. The zero-order valence-corrected chi connectivity index (χ0v) is 18.2. The van der Waals surface area contributed by atoms with Crippen LogP contribution in [-0.4, -0.2) is 47.8 Å². The summed E-state index contributed by atoms with van der Waals surface area (Å²) in [5.41, 5.74) is 1.04. The van der Waals surface area contributed by atoms with Gasteiger partial charge in [0, 0.05) is 19.1 Å². The van der Waals surface area contributed by atoms with Gasteiger partial charge >= 0.3 is 0 Å². The van der Waals surface area contributed by atoms with E-state index in [2.05, 4.69) is 38.9 Å². The Labute approximate surface area is 175 Å². The number of aromatic nitrogens is 1. The third-order valence-electron chi connectivity index (χ3n) is 4.33. The highest BCUT2D eigenvalue weighted by Gasteiger charge is 2.19. The molecule has 0 radical (unpaired) electrons. The van der Waals surface area contributed by atoms with Crippen molar-refractivity contribution in [1.29, 1.82) is 0 Å². The number of para-hydroxylation sites is 1. The van der Waals surface area contributed by atoms with E-state index in [1.54, 1.807) is 11.3 Å². The van der Waals surface area contributed by atoms with Crippen molar-refractivity contribution in [2.24, 2.45) is 4.99 Å². The molecule has 0 spiro atoms.